The van der Waals surface area contributed by atoms with Crippen LogP contribution in [0.4, 0.5) is 0 Å². The normalized spacial score (nSPS) is 19.3. The van der Waals surface area contributed by atoms with Crippen LogP contribution in [0.5, 0.6) is 0 Å². The van der Waals surface area contributed by atoms with Gasteiger partial charge in [0, 0.05) is 12.1 Å². The van der Waals surface area contributed by atoms with Crippen molar-refractivity contribution in [3.05, 3.63) is 29.3 Å². The van der Waals surface area contributed by atoms with E-state index in [-0.39, 0.29) is 19.1 Å². The molecule has 1 aromatic carbocycles. The Morgan fingerprint density at radius 2 is 1.82 bits per heavy atom. The second-order valence-electron chi connectivity index (χ2n) is 6.64. The van der Waals surface area contributed by atoms with Gasteiger partial charge in [-0.2, -0.15) is 0 Å². The molecule has 1 aliphatic rings. The Balaban J connectivity index is 2.25. The van der Waals surface area contributed by atoms with Crippen LogP contribution in [0.3, 0.4) is 0 Å². The van der Waals surface area contributed by atoms with Gasteiger partial charge in [-0.15, -0.1) is 0 Å². The highest BCUT2D eigenvalue weighted by atomic mass is 16.7. The summed E-state index contributed by atoms with van der Waals surface area (Å²) in [4.78, 5) is 12.1. The molecular formula is C16H24BNO4. The van der Waals surface area contributed by atoms with E-state index in [4.69, 9.17) is 14.4 Å². The van der Waals surface area contributed by atoms with Gasteiger partial charge in [0.05, 0.1) is 17.8 Å². The van der Waals surface area contributed by atoms with Crippen molar-refractivity contribution >= 4 is 18.5 Å². The average molecular weight is 305 g/mol. The van der Waals surface area contributed by atoms with E-state index < -0.39 is 18.3 Å². The van der Waals surface area contributed by atoms with Crippen molar-refractivity contribution < 1.29 is 19.2 Å². The van der Waals surface area contributed by atoms with Gasteiger partial charge >= 0.3 is 7.12 Å². The van der Waals surface area contributed by atoms with Gasteiger partial charge in [0.1, 0.15) is 0 Å². The summed E-state index contributed by atoms with van der Waals surface area (Å²) < 4.78 is 12.0. The minimum absolute atomic E-state index is 0.0816. The molecule has 1 aliphatic heterocycles. The van der Waals surface area contributed by atoms with Crippen molar-refractivity contribution in [1.82, 2.24) is 5.32 Å². The first-order valence-electron chi connectivity index (χ1n) is 7.53. The van der Waals surface area contributed by atoms with E-state index in [2.05, 4.69) is 5.32 Å². The Morgan fingerprint density at radius 1 is 1.23 bits per heavy atom. The number of amides is 1. The first-order chi connectivity index (χ1) is 10.2. The topological polar surface area (TPSA) is 67.8 Å². The summed E-state index contributed by atoms with van der Waals surface area (Å²) in [6, 6.07) is 5.60. The van der Waals surface area contributed by atoms with Crippen molar-refractivity contribution in [1.29, 1.82) is 0 Å². The van der Waals surface area contributed by atoms with Gasteiger partial charge in [-0.05, 0) is 51.7 Å². The zero-order valence-electron chi connectivity index (χ0n) is 13.9. The van der Waals surface area contributed by atoms with Crippen LogP contribution in [0, 0.1) is 6.92 Å². The summed E-state index contributed by atoms with van der Waals surface area (Å²) in [6.07, 6.45) is 0. The molecule has 0 aromatic heterocycles. The van der Waals surface area contributed by atoms with Crippen LogP contribution >= 0.6 is 0 Å². The maximum absolute atomic E-state index is 12.1. The molecule has 22 heavy (non-hydrogen) atoms. The molecule has 0 aliphatic carbocycles. The molecule has 1 saturated heterocycles. The predicted molar refractivity (Wildman–Crippen MR) is 86.3 cm³/mol. The van der Waals surface area contributed by atoms with Gasteiger partial charge in [0.25, 0.3) is 5.91 Å². The van der Waals surface area contributed by atoms with Crippen molar-refractivity contribution in [2.24, 2.45) is 0 Å². The van der Waals surface area contributed by atoms with Crippen LogP contribution in [-0.4, -0.2) is 42.5 Å². The number of aryl methyl sites for hydroxylation is 1. The van der Waals surface area contributed by atoms with Gasteiger partial charge in [-0.3, -0.25) is 4.79 Å². The number of hydrogen-bond donors (Lipinski definition) is 2. The van der Waals surface area contributed by atoms with Gasteiger partial charge in [-0.25, -0.2) is 0 Å². The van der Waals surface area contributed by atoms with Gasteiger partial charge in [-0.1, -0.05) is 12.1 Å². The number of aliphatic hydroxyl groups excluding tert-OH is 1. The first-order valence-corrected chi connectivity index (χ1v) is 7.53. The third-order valence-electron chi connectivity index (χ3n) is 4.43. The SMILES string of the molecule is Cc1ccc(B2OC(C)(C)C(C)(C)O2)cc1C(=O)NCCO. The van der Waals surface area contributed by atoms with E-state index in [1.54, 1.807) is 6.07 Å². The average Bonchev–Trinajstić information content (AvgIpc) is 2.65. The lowest BCUT2D eigenvalue weighted by atomic mass is 9.77. The summed E-state index contributed by atoms with van der Waals surface area (Å²) in [7, 11) is -0.491. The van der Waals surface area contributed by atoms with E-state index in [9.17, 15) is 4.79 Å². The molecule has 1 fully saturated rings. The van der Waals surface area contributed by atoms with Crippen molar-refractivity contribution in [2.75, 3.05) is 13.2 Å². The van der Waals surface area contributed by atoms with E-state index >= 15 is 0 Å². The van der Waals surface area contributed by atoms with Crippen LogP contribution in [-0.2, 0) is 9.31 Å². The molecule has 1 aromatic rings. The number of nitrogens with one attached hydrogen (secondary N) is 1. The van der Waals surface area contributed by atoms with Crippen molar-refractivity contribution in [3.8, 4) is 0 Å². The van der Waals surface area contributed by atoms with E-state index in [1.807, 2.05) is 46.8 Å². The number of carbonyl (C=O) groups is 1. The van der Waals surface area contributed by atoms with E-state index in [0.29, 0.717) is 5.56 Å². The molecule has 0 bridgehead atoms. The fourth-order valence-electron chi connectivity index (χ4n) is 2.27. The number of rotatable bonds is 4. The number of hydrogen-bond acceptors (Lipinski definition) is 4. The summed E-state index contributed by atoms with van der Waals surface area (Å²) in [6.45, 7) is 10.0. The highest BCUT2D eigenvalue weighted by Crippen LogP contribution is 2.36. The largest absolute Gasteiger partial charge is 0.494 e. The lowest BCUT2D eigenvalue weighted by Gasteiger charge is -2.32. The molecule has 120 valence electrons. The molecule has 5 nitrogen and oxygen atoms in total. The molecule has 2 N–H and O–H groups in total. The Bertz CT molecular complexity index is 555. The number of carbonyl (C=O) groups excluding carboxylic acids is 1. The van der Waals surface area contributed by atoms with Gasteiger partial charge in [0.2, 0.25) is 0 Å². The standard InChI is InChI=1S/C16H24BNO4/c1-11-6-7-12(10-13(11)14(20)18-8-9-19)17-21-15(2,3)16(4,5)22-17/h6-7,10,19H,8-9H2,1-5H3,(H,18,20). The maximum atomic E-state index is 12.1. The van der Waals surface area contributed by atoms with Crippen LogP contribution in [0.25, 0.3) is 0 Å². The lowest BCUT2D eigenvalue weighted by molar-refractivity contribution is 0.00578. The summed E-state index contributed by atoms with van der Waals surface area (Å²) in [5, 5.41) is 11.5. The fourth-order valence-corrected chi connectivity index (χ4v) is 2.27. The van der Waals surface area contributed by atoms with Crippen LogP contribution in [0.15, 0.2) is 18.2 Å². The molecule has 1 amide bonds. The van der Waals surface area contributed by atoms with Crippen molar-refractivity contribution in [2.45, 2.75) is 45.8 Å². The summed E-state index contributed by atoms with van der Waals surface area (Å²) >= 11 is 0. The monoisotopic (exact) mass is 305 g/mol. The fraction of sp³-hybridized carbons (Fsp3) is 0.562. The zero-order valence-corrected chi connectivity index (χ0v) is 13.9. The molecule has 0 unspecified atom stereocenters. The molecule has 0 spiro atoms. The molecule has 0 atom stereocenters. The molecule has 1 heterocycles. The van der Waals surface area contributed by atoms with Crippen LogP contribution in [0.1, 0.15) is 43.6 Å². The zero-order chi connectivity index (χ0) is 16.5. The van der Waals surface area contributed by atoms with Crippen LogP contribution < -0.4 is 10.8 Å². The second kappa shape index (κ2) is 6.03. The Labute approximate surface area is 132 Å². The Morgan fingerprint density at radius 3 is 2.36 bits per heavy atom. The van der Waals surface area contributed by atoms with Gasteiger partial charge < -0.3 is 19.7 Å². The van der Waals surface area contributed by atoms with Gasteiger partial charge in [0.15, 0.2) is 0 Å². The smallest absolute Gasteiger partial charge is 0.399 e. The van der Waals surface area contributed by atoms with Crippen molar-refractivity contribution in [3.63, 3.8) is 0 Å². The minimum Gasteiger partial charge on any atom is -0.399 e. The Kier molecular flexibility index (Phi) is 4.66. The number of benzene rings is 1. The number of aliphatic hydroxyl groups is 1. The highest BCUT2D eigenvalue weighted by Gasteiger charge is 2.51. The Hall–Kier alpha value is -1.37. The highest BCUT2D eigenvalue weighted by molar-refractivity contribution is 6.62. The molecule has 0 radical (unpaired) electrons. The summed E-state index contributed by atoms with van der Waals surface area (Å²) in [5.41, 5.74) is 1.43. The molecule has 6 heteroatoms. The third kappa shape index (κ3) is 3.19. The minimum atomic E-state index is -0.491. The molecular weight excluding hydrogens is 281 g/mol. The predicted octanol–water partition coefficient (Wildman–Crippen LogP) is 1.02. The molecule has 2 rings (SSSR count). The van der Waals surface area contributed by atoms with E-state index in [0.717, 1.165) is 11.0 Å². The summed E-state index contributed by atoms with van der Waals surface area (Å²) in [5.74, 6) is -0.204. The second-order valence-corrected chi connectivity index (χ2v) is 6.64. The van der Waals surface area contributed by atoms with Crippen LogP contribution in [0.2, 0.25) is 0 Å². The lowest BCUT2D eigenvalue weighted by Crippen LogP contribution is -2.41. The quantitative estimate of drug-likeness (QED) is 0.815. The first kappa shape index (κ1) is 17.0. The molecule has 0 saturated carbocycles. The maximum Gasteiger partial charge on any atom is 0.494 e. The van der Waals surface area contributed by atoms with E-state index in [1.165, 1.54) is 0 Å². The third-order valence-corrected chi connectivity index (χ3v) is 4.43.